The number of benzene rings is 2. The average molecular weight is 370 g/mol. The summed E-state index contributed by atoms with van der Waals surface area (Å²) in [6.45, 7) is 0.262. The highest BCUT2D eigenvalue weighted by atomic mass is 35.5. The number of para-hydroxylation sites is 1. The number of rotatable bonds is 4. The quantitative estimate of drug-likeness (QED) is 0.765. The van der Waals surface area contributed by atoms with Crippen LogP contribution in [0.2, 0.25) is 5.02 Å². The Hall–Kier alpha value is -2.63. The number of fused-ring (bicyclic) bond motifs is 2. The van der Waals surface area contributed by atoms with E-state index in [1.165, 1.54) is 0 Å². The van der Waals surface area contributed by atoms with E-state index in [1.807, 2.05) is 6.07 Å². The first-order valence-corrected chi connectivity index (χ1v) is 8.72. The molecule has 1 amide bonds. The lowest BCUT2D eigenvalue weighted by Gasteiger charge is -2.25. The van der Waals surface area contributed by atoms with Crippen molar-refractivity contribution in [3.05, 3.63) is 80.7 Å². The Morgan fingerprint density at radius 3 is 2.69 bits per heavy atom. The molecular formula is C20H16ClNO4. The van der Waals surface area contributed by atoms with Crippen LogP contribution in [0.15, 0.2) is 57.7 Å². The lowest BCUT2D eigenvalue weighted by molar-refractivity contribution is 0.0716. The minimum Gasteiger partial charge on any atom is -0.450 e. The van der Waals surface area contributed by atoms with Crippen LogP contribution in [0.1, 0.15) is 34.1 Å². The number of halogens is 1. The molecule has 0 saturated heterocycles. The van der Waals surface area contributed by atoms with Crippen LogP contribution >= 0.6 is 11.6 Å². The van der Waals surface area contributed by atoms with E-state index in [0.29, 0.717) is 34.5 Å². The summed E-state index contributed by atoms with van der Waals surface area (Å²) in [7, 11) is 0. The van der Waals surface area contributed by atoms with Crippen molar-refractivity contribution in [3.8, 4) is 0 Å². The fourth-order valence-electron chi connectivity index (χ4n) is 3.46. The van der Waals surface area contributed by atoms with Crippen molar-refractivity contribution in [3.63, 3.8) is 0 Å². The summed E-state index contributed by atoms with van der Waals surface area (Å²) in [6, 6.07) is 13.4. The Kier molecular flexibility index (Phi) is 4.26. The minimum absolute atomic E-state index is 0.0499. The normalized spacial score (nSPS) is 16.3. The van der Waals surface area contributed by atoms with Crippen LogP contribution < -0.4 is 5.43 Å². The van der Waals surface area contributed by atoms with E-state index >= 15 is 0 Å². The van der Waals surface area contributed by atoms with Crippen molar-refractivity contribution in [2.75, 3.05) is 13.2 Å². The topological polar surface area (TPSA) is 70.8 Å². The van der Waals surface area contributed by atoms with Crippen molar-refractivity contribution in [1.82, 2.24) is 4.90 Å². The van der Waals surface area contributed by atoms with Gasteiger partial charge in [-0.1, -0.05) is 35.9 Å². The summed E-state index contributed by atoms with van der Waals surface area (Å²) in [5.74, 6) is -0.280. The molecule has 1 aliphatic heterocycles. The minimum atomic E-state index is -0.580. The van der Waals surface area contributed by atoms with E-state index in [-0.39, 0.29) is 23.7 Å². The largest absolute Gasteiger partial charge is 0.450 e. The zero-order valence-electron chi connectivity index (χ0n) is 13.8. The smallest absolute Gasteiger partial charge is 0.290 e. The molecule has 5 nitrogen and oxygen atoms in total. The first-order chi connectivity index (χ1) is 12.6. The molecule has 132 valence electrons. The standard InChI is InChI=1S/C20H16ClNO4/c21-13-6-3-5-12(11-13)17-16-18(24)14-7-1-2-8-15(14)26-19(16)20(25)22(17)9-4-10-23/h1-3,5-8,11,17,23H,4,9-10H2/t17-/m0/s1. The molecule has 0 spiro atoms. The molecule has 1 aliphatic rings. The Bertz CT molecular complexity index is 1060. The fourth-order valence-corrected chi connectivity index (χ4v) is 3.66. The van der Waals surface area contributed by atoms with Gasteiger partial charge in [0.05, 0.1) is 17.0 Å². The fraction of sp³-hybridized carbons (Fsp3) is 0.200. The summed E-state index contributed by atoms with van der Waals surface area (Å²) in [6.07, 6.45) is 0.407. The third kappa shape index (κ3) is 2.60. The highest BCUT2D eigenvalue weighted by molar-refractivity contribution is 6.30. The summed E-state index contributed by atoms with van der Waals surface area (Å²) < 4.78 is 5.80. The van der Waals surface area contributed by atoms with Crippen LogP contribution in [-0.2, 0) is 0 Å². The number of aliphatic hydroxyl groups excluding tert-OH is 1. The van der Waals surface area contributed by atoms with Gasteiger partial charge in [-0.2, -0.15) is 0 Å². The second-order valence-electron chi connectivity index (χ2n) is 6.20. The van der Waals surface area contributed by atoms with Crippen molar-refractivity contribution in [1.29, 1.82) is 0 Å². The first kappa shape index (κ1) is 16.8. The highest BCUT2D eigenvalue weighted by Crippen LogP contribution is 2.38. The molecule has 0 saturated carbocycles. The van der Waals surface area contributed by atoms with E-state index in [1.54, 1.807) is 47.4 Å². The van der Waals surface area contributed by atoms with Gasteiger partial charge in [0.15, 0.2) is 5.43 Å². The monoisotopic (exact) mass is 369 g/mol. The number of aliphatic hydroxyl groups is 1. The molecule has 0 radical (unpaired) electrons. The molecular weight excluding hydrogens is 354 g/mol. The molecule has 2 heterocycles. The van der Waals surface area contributed by atoms with Gasteiger partial charge in [-0.15, -0.1) is 0 Å². The van der Waals surface area contributed by atoms with Crippen molar-refractivity contribution >= 4 is 28.5 Å². The zero-order valence-corrected chi connectivity index (χ0v) is 14.6. The van der Waals surface area contributed by atoms with Crippen molar-refractivity contribution < 1.29 is 14.3 Å². The second-order valence-corrected chi connectivity index (χ2v) is 6.64. The second kappa shape index (κ2) is 6.59. The van der Waals surface area contributed by atoms with Gasteiger partial charge in [0, 0.05) is 18.2 Å². The van der Waals surface area contributed by atoms with E-state index in [2.05, 4.69) is 0 Å². The molecule has 1 N–H and O–H groups in total. The molecule has 2 aromatic carbocycles. The maximum Gasteiger partial charge on any atom is 0.290 e. The van der Waals surface area contributed by atoms with Gasteiger partial charge in [-0.25, -0.2) is 0 Å². The van der Waals surface area contributed by atoms with Gasteiger partial charge in [0.2, 0.25) is 5.76 Å². The average Bonchev–Trinajstić information content (AvgIpc) is 2.93. The van der Waals surface area contributed by atoms with Gasteiger partial charge >= 0.3 is 0 Å². The summed E-state index contributed by atoms with van der Waals surface area (Å²) in [5.41, 5.74) is 1.24. The number of nitrogens with zero attached hydrogens (tertiary/aromatic N) is 1. The third-order valence-electron chi connectivity index (χ3n) is 4.59. The van der Waals surface area contributed by atoms with Crippen LogP contribution in [0, 0.1) is 0 Å². The molecule has 3 aromatic rings. The number of hydrogen-bond acceptors (Lipinski definition) is 4. The van der Waals surface area contributed by atoms with Crippen LogP contribution in [0.3, 0.4) is 0 Å². The Labute approximate surface area is 154 Å². The van der Waals surface area contributed by atoms with Gasteiger partial charge < -0.3 is 14.4 Å². The molecule has 4 rings (SSSR count). The number of hydrogen-bond donors (Lipinski definition) is 1. The highest BCUT2D eigenvalue weighted by Gasteiger charge is 2.42. The van der Waals surface area contributed by atoms with Crippen molar-refractivity contribution in [2.45, 2.75) is 12.5 Å². The van der Waals surface area contributed by atoms with Gasteiger partial charge in [0.1, 0.15) is 5.58 Å². The predicted octanol–water partition coefficient (Wildman–Crippen LogP) is 3.37. The predicted molar refractivity (Wildman–Crippen MR) is 98.5 cm³/mol. The van der Waals surface area contributed by atoms with E-state index < -0.39 is 6.04 Å². The molecule has 0 fully saturated rings. The molecule has 0 bridgehead atoms. The lowest BCUT2D eigenvalue weighted by Crippen LogP contribution is -2.31. The van der Waals surface area contributed by atoms with Crippen LogP contribution in [0.5, 0.6) is 0 Å². The number of carbonyl (C=O) groups excluding carboxylic acids is 1. The molecule has 1 aromatic heterocycles. The van der Waals surface area contributed by atoms with Crippen LogP contribution in [0.4, 0.5) is 0 Å². The Morgan fingerprint density at radius 2 is 1.92 bits per heavy atom. The molecule has 6 heteroatoms. The summed E-state index contributed by atoms with van der Waals surface area (Å²) in [4.78, 5) is 27.6. The van der Waals surface area contributed by atoms with E-state index in [4.69, 9.17) is 16.0 Å². The SMILES string of the molecule is O=C1c2oc3ccccc3c(=O)c2[C@H](c2cccc(Cl)c2)N1CCCO. The lowest BCUT2D eigenvalue weighted by atomic mass is 9.98. The molecule has 26 heavy (non-hydrogen) atoms. The molecule has 0 aliphatic carbocycles. The Morgan fingerprint density at radius 1 is 1.12 bits per heavy atom. The zero-order chi connectivity index (χ0) is 18.3. The third-order valence-corrected chi connectivity index (χ3v) is 4.83. The summed E-state index contributed by atoms with van der Waals surface area (Å²) >= 11 is 6.13. The summed E-state index contributed by atoms with van der Waals surface area (Å²) in [5, 5.41) is 10.2. The maximum absolute atomic E-state index is 13.1. The van der Waals surface area contributed by atoms with Crippen LogP contribution in [-0.4, -0.2) is 29.1 Å². The van der Waals surface area contributed by atoms with Crippen molar-refractivity contribution in [2.24, 2.45) is 0 Å². The molecule has 0 unspecified atom stereocenters. The van der Waals surface area contributed by atoms with E-state index in [9.17, 15) is 14.7 Å². The first-order valence-electron chi connectivity index (χ1n) is 8.35. The maximum atomic E-state index is 13.1. The Balaban J connectivity index is 1.97. The van der Waals surface area contributed by atoms with Gasteiger partial charge in [-0.05, 0) is 36.2 Å². The van der Waals surface area contributed by atoms with E-state index in [0.717, 1.165) is 5.56 Å². The van der Waals surface area contributed by atoms with Crippen LogP contribution in [0.25, 0.3) is 11.0 Å². The number of amides is 1. The molecule has 1 atom stereocenters. The number of carbonyl (C=O) groups is 1. The van der Waals surface area contributed by atoms with Gasteiger partial charge in [-0.3, -0.25) is 9.59 Å². The van der Waals surface area contributed by atoms with Gasteiger partial charge in [0.25, 0.3) is 5.91 Å².